The maximum absolute atomic E-state index is 13.5. The maximum atomic E-state index is 13.5. The number of nitrogens with one attached hydrogen (secondary N) is 1. The van der Waals surface area contributed by atoms with Crippen LogP contribution >= 0.6 is 0 Å². The van der Waals surface area contributed by atoms with Crippen LogP contribution in [-0.2, 0) is 22.5 Å². The van der Waals surface area contributed by atoms with Crippen molar-refractivity contribution in [2.45, 2.75) is 19.4 Å². The topological polar surface area (TPSA) is 64.6 Å². The predicted molar refractivity (Wildman–Crippen MR) is 90.9 cm³/mol. The van der Waals surface area contributed by atoms with E-state index in [-0.39, 0.29) is 24.7 Å². The molecule has 132 valence electrons. The van der Waals surface area contributed by atoms with Crippen molar-refractivity contribution in [3.63, 3.8) is 0 Å². The molecule has 1 amide bonds. The Balaban J connectivity index is 1.93. The van der Waals surface area contributed by atoms with Gasteiger partial charge in [0.15, 0.2) is 0 Å². The number of carbonyl (C=O) groups is 2. The summed E-state index contributed by atoms with van der Waals surface area (Å²) in [6, 6.07) is 11.4. The van der Waals surface area contributed by atoms with E-state index in [4.69, 9.17) is 9.47 Å². The van der Waals surface area contributed by atoms with Crippen molar-refractivity contribution >= 4 is 11.9 Å². The minimum Gasteiger partial charge on any atom is -0.496 e. The Bertz CT molecular complexity index is 761. The highest BCUT2D eigenvalue weighted by Crippen LogP contribution is 2.20. The molecule has 0 aliphatic heterocycles. The van der Waals surface area contributed by atoms with Crippen molar-refractivity contribution in [3.05, 3.63) is 65.0 Å². The molecule has 0 saturated carbocycles. The molecule has 25 heavy (non-hydrogen) atoms. The van der Waals surface area contributed by atoms with Crippen molar-refractivity contribution in [2.75, 3.05) is 14.2 Å². The van der Waals surface area contributed by atoms with Gasteiger partial charge in [-0.25, -0.2) is 9.18 Å². The van der Waals surface area contributed by atoms with Crippen LogP contribution in [-0.4, -0.2) is 26.1 Å². The molecular formula is C19H20FNO4. The quantitative estimate of drug-likeness (QED) is 0.784. The highest BCUT2D eigenvalue weighted by molar-refractivity contribution is 5.92. The minimum atomic E-state index is -0.510. The summed E-state index contributed by atoms with van der Waals surface area (Å²) < 4.78 is 23.4. The summed E-state index contributed by atoms with van der Waals surface area (Å²) in [5.41, 5.74) is 1.54. The van der Waals surface area contributed by atoms with E-state index < -0.39 is 5.97 Å². The van der Waals surface area contributed by atoms with Crippen LogP contribution in [0.3, 0.4) is 0 Å². The standard InChI is InChI=1S/C19H20FNO4/c1-24-17-9-7-13(11-15(17)19(23)25-2)12-21-18(22)10-8-14-5-3-4-6-16(14)20/h3-7,9,11H,8,10,12H2,1-2H3,(H,21,22). The molecule has 0 spiro atoms. The number of methoxy groups -OCH3 is 2. The largest absolute Gasteiger partial charge is 0.496 e. The van der Waals surface area contributed by atoms with E-state index in [1.165, 1.54) is 20.3 Å². The van der Waals surface area contributed by atoms with Gasteiger partial charge in [0.25, 0.3) is 0 Å². The fourth-order valence-corrected chi connectivity index (χ4v) is 2.37. The third-order valence-corrected chi connectivity index (χ3v) is 3.74. The Morgan fingerprint density at radius 2 is 1.88 bits per heavy atom. The second-order valence-electron chi connectivity index (χ2n) is 5.39. The molecule has 2 aromatic rings. The van der Waals surface area contributed by atoms with E-state index >= 15 is 0 Å². The molecule has 2 rings (SSSR count). The van der Waals surface area contributed by atoms with Gasteiger partial charge in [0.05, 0.1) is 14.2 Å². The molecule has 0 aliphatic carbocycles. The van der Waals surface area contributed by atoms with E-state index in [2.05, 4.69) is 5.32 Å². The van der Waals surface area contributed by atoms with Gasteiger partial charge >= 0.3 is 5.97 Å². The van der Waals surface area contributed by atoms with Crippen molar-refractivity contribution in [1.82, 2.24) is 5.32 Å². The first-order valence-electron chi connectivity index (χ1n) is 7.80. The third-order valence-electron chi connectivity index (χ3n) is 3.74. The molecule has 0 radical (unpaired) electrons. The number of ether oxygens (including phenoxy) is 2. The Morgan fingerprint density at radius 3 is 2.56 bits per heavy atom. The predicted octanol–water partition coefficient (Wildman–Crippen LogP) is 2.87. The van der Waals surface area contributed by atoms with Gasteiger partial charge in [-0.3, -0.25) is 4.79 Å². The number of amides is 1. The summed E-state index contributed by atoms with van der Waals surface area (Å²) in [5.74, 6) is -0.613. The monoisotopic (exact) mass is 345 g/mol. The molecule has 0 heterocycles. The highest BCUT2D eigenvalue weighted by Gasteiger charge is 2.14. The van der Waals surface area contributed by atoms with Crippen LogP contribution in [0.15, 0.2) is 42.5 Å². The number of carbonyl (C=O) groups excluding carboxylic acids is 2. The molecule has 0 fully saturated rings. The molecule has 0 atom stereocenters. The molecule has 0 aliphatic rings. The van der Waals surface area contributed by atoms with Crippen molar-refractivity contribution < 1.29 is 23.5 Å². The molecule has 0 bridgehead atoms. The van der Waals surface area contributed by atoms with Crippen LogP contribution in [0.2, 0.25) is 0 Å². The summed E-state index contributed by atoms with van der Waals surface area (Å²) in [6.07, 6.45) is 0.509. The second kappa shape index (κ2) is 8.82. The van der Waals surface area contributed by atoms with E-state index in [9.17, 15) is 14.0 Å². The number of rotatable bonds is 7. The van der Waals surface area contributed by atoms with Gasteiger partial charge < -0.3 is 14.8 Å². The lowest BCUT2D eigenvalue weighted by atomic mass is 10.1. The zero-order valence-electron chi connectivity index (χ0n) is 14.2. The normalized spacial score (nSPS) is 10.2. The van der Waals surface area contributed by atoms with Crippen LogP contribution in [0.1, 0.15) is 27.9 Å². The number of hydrogen-bond acceptors (Lipinski definition) is 4. The molecule has 0 saturated heterocycles. The first-order valence-corrected chi connectivity index (χ1v) is 7.80. The van der Waals surface area contributed by atoms with E-state index in [0.717, 1.165) is 5.56 Å². The van der Waals surface area contributed by atoms with E-state index in [1.54, 1.807) is 36.4 Å². The molecule has 0 unspecified atom stereocenters. The summed E-state index contributed by atoms with van der Waals surface area (Å²) in [7, 11) is 2.75. The summed E-state index contributed by atoms with van der Waals surface area (Å²) in [6.45, 7) is 0.254. The number of esters is 1. The first-order chi connectivity index (χ1) is 12.0. The summed E-state index contributed by atoms with van der Waals surface area (Å²) in [5, 5.41) is 2.76. The number of halogens is 1. The van der Waals surface area contributed by atoms with Gasteiger partial charge in [-0.15, -0.1) is 0 Å². The summed E-state index contributed by atoms with van der Waals surface area (Å²) >= 11 is 0. The fourth-order valence-electron chi connectivity index (χ4n) is 2.37. The SMILES string of the molecule is COC(=O)c1cc(CNC(=O)CCc2ccccc2F)ccc1OC. The smallest absolute Gasteiger partial charge is 0.341 e. The average Bonchev–Trinajstić information content (AvgIpc) is 2.64. The van der Waals surface area contributed by atoms with Crippen molar-refractivity contribution in [2.24, 2.45) is 0 Å². The number of benzene rings is 2. The number of hydrogen-bond donors (Lipinski definition) is 1. The molecule has 5 nitrogen and oxygen atoms in total. The van der Waals surface area contributed by atoms with Gasteiger partial charge in [0.1, 0.15) is 17.1 Å². The molecule has 6 heteroatoms. The molecular weight excluding hydrogens is 325 g/mol. The Labute approximate surface area is 145 Å². The second-order valence-corrected chi connectivity index (χ2v) is 5.39. The highest BCUT2D eigenvalue weighted by atomic mass is 19.1. The van der Waals surface area contributed by atoms with Gasteiger partial charge in [-0.1, -0.05) is 24.3 Å². The van der Waals surface area contributed by atoms with Crippen LogP contribution in [0.5, 0.6) is 5.75 Å². The van der Waals surface area contributed by atoms with Gasteiger partial charge in [-0.2, -0.15) is 0 Å². The maximum Gasteiger partial charge on any atom is 0.341 e. The lowest BCUT2D eigenvalue weighted by Crippen LogP contribution is -2.23. The third kappa shape index (κ3) is 5.04. The fraction of sp³-hybridized carbons (Fsp3) is 0.263. The Kier molecular flexibility index (Phi) is 6.51. The zero-order valence-corrected chi connectivity index (χ0v) is 14.2. The lowest BCUT2D eigenvalue weighted by Gasteiger charge is -2.10. The van der Waals surface area contributed by atoms with E-state index in [1.807, 2.05) is 0 Å². The van der Waals surface area contributed by atoms with Crippen molar-refractivity contribution in [1.29, 1.82) is 0 Å². The van der Waals surface area contributed by atoms with Gasteiger partial charge in [0.2, 0.25) is 5.91 Å². The Morgan fingerprint density at radius 1 is 1.12 bits per heavy atom. The van der Waals surface area contributed by atoms with E-state index in [0.29, 0.717) is 23.3 Å². The summed E-state index contributed by atoms with van der Waals surface area (Å²) in [4.78, 5) is 23.7. The molecule has 2 aromatic carbocycles. The van der Waals surface area contributed by atoms with Gasteiger partial charge in [0, 0.05) is 13.0 Å². The minimum absolute atomic E-state index is 0.181. The Hall–Kier alpha value is -2.89. The lowest BCUT2D eigenvalue weighted by molar-refractivity contribution is -0.121. The van der Waals surface area contributed by atoms with Crippen LogP contribution in [0.4, 0.5) is 4.39 Å². The average molecular weight is 345 g/mol. The van der Waals surface area contributed by atoms with Gasteiger partial charge in [-0.05, 0) is 35.7 Å². The van der Waals surface area contributed by atoms with Crippen LogP contribution < -0.4 is 10.1 Å². The molecule has 0 aromatic heterocycles. The van der Waals surface area contributed by atoms with Crippen molar-refractivity contribution in [3.8, 4) is 5.75 Å². The first kappa shape index (κ1) is 18.4. The van der Waals surface area contributed by atoms with Crippen LogP contribution in [0.25, 0.3) is 0 Å². The zero-order chi connectivity index (χ0) is 18.2. The number of aryl methyl sites for hydroxylation is 1. The van der Waals surface area contributed by atoms with Crippen LogP contribution in [0, 0.1) is 5.82 Å². The molecule has 1 N–H and O–H groups in total.